The van der Waals surface area contributed by atoms with E-state index in [1.165, 1.54) is 6.07 Å². The summed E-state index contributed by atoms with van der Waals surface area (Å²) in [7, 11) is 0. The topological polar surface area (TPSA) is 50.4 Å². The lowest BCUT2D eigenvalue weighted by molar-refractivity contribution is -0.120. The van der Waals surface area contributed by atoms with E-state index in [0.29, 0.717) is 35.5 Å². The van der Waals surface area contributed by atoms with Crippen molar-refractivity contribution < 1.29 is 13.9 Å². The Hall–Kier alpha value is -1.14. The number of fused-ring (bicyclic) bond motifs is 1. The van der Waals surface area contributed by atoms with Gasteiger partial charge in [-0.15, -0.1) is 0 Å². The van der Waals surface area contributed by atoms with Gasteiger partial charge < -0.3 is 15.4 Å². The molecule has 90 valence electrons. The van der Waals surface area contributed by atoms with E-state index in [2.05, 4.69) is 26.6 Å². The number of benzene rings is 1. The predicted molar refractivity (Wildman–Crippen MR) is 64.5 cm³/mol. The smallest absolute Gasteiger partial charge is 0.252 e. The molecule has 4 nitrogen and oxygen atoms in total. The normalized spacial score (nSPS) is 26.6. The SMILES string of the molecule is O=C1Nc2cc(F)c(Br)cc2NC12CCOC2. The van der Waals surface area contributed by atoms with Crippen LogP contribution in [-0.4, -0.2) is 24.7 Å². The van der Waals surface area contributed by atoms with Crippen LogP contribution >= 0.6 is 15.9 Å². The van der Waals surface area contributed by atoms with Crippen molar-refractivity contribution in [1.82, 2.24) is 0 Å². The van der Waals surface area contributed by atoms with Crippen LogP contribution in [0, 0.1) is 5.82 Å². The molecule has 1 saturated heterocycles. The number of carbonyl (C=O) groups is 1. The van der Waals surface area contributed by atoms with Crippen LogP contribution in [0.15, 0.2) is 16.6 Å². The van der Waals surface area contributed by atoms with Gasteiger partial charge in [0.15, 0.2) is 0 Å². The molecule has 1 aromatic carbocycles. The molecule has 17 heavy (non-hydrogen) atoms. The maximum atomic E-state index is 13.4. The Morgan fingerprint density at radius 1 is 1.41 bits per heavy atom. The zero-order valence-electron chi connectivity index (χ0n) is 8.85. The van der Waals surface area contributed by atoms with E-state index in [1.54, 1.807) is 6.07 Å². The summed E-state index contributed by atoms with van der Waals surface area (Å²) in [6, 6.07) is 2.93. The minimum Gasteiger partial charge on any atom is -0.378 e. The molecule has 1 spiro atoms. The number of amides is 1. The average molecular weight is 301 g/mol. The first-order valence-electron chi connectivity index (χ1n) is 5.27. The molecule has 2 N–H and O–H groups in total. The highest BCUT2D eigenvalue weighted by Gasteiger charge is 2.45. The molecule has 1 amide bonds. The average Bonchev–Trinajstić information content (AvgIpc) is 2.73. The van der Waals surface area contributed by atoms with Gasteiger partial charge in [-0.25, -0.2) is 4.39 Å². The molecule has 6 heteroatoms. The van der Waals surface area contributed by atoms with Crippen LogP contribution in [0.4, 0.5) is 15.8 Å². The Balaban J connectivity index is 2.04. The fraction of sp³-hybridized carbons (Fsp3) is 0.364. The summed E-state index contributed by atoms with van der Waals surface area (Å²) in [6.45, 7) is 0.894. The minimum absolute atomic E-state index is 0.163. The highest BCUT2D eigenvalue weighted by atomic mass is 79.9. The minimum atomic E-state index is -0.704. The molecular weight excluding hydrogens is 291 g/mol. The second-order valence-electron chi connectivity index (χ2n) is 4.28. The third-order valence-corrected chi connectivity index (χ3v) is 3.75. The van der Waals surface area contributed by atoms with E-state index in [1.807, 2.05) is 0 Å². The second-order valence-corrected chi connectivity index (χ2v) is 5.13. The van der Waals surface area contributed by atoms with Crippen LogP contribution in [-0.2, 0) is 9.53 Å². The molecule has 0 aliphatic carbocycles. The summed E-state index contributed by atoms with van der Waals surface area (Å²) in [6.07, 6.45) is 0.618. The van der Waals surface area contributed by atoms with Gasteiger partial charge in [-0.05, 0) is 22.0 Å². The Kier molecular flexibility index (Phi) is 2.38. The second kappa shape index (κ2) is 3.68. The van der Waals surface area contributed by atoms with E-state index < -0.39 is 11.4 Å². The molecule has 1 atom stereocenters. The number of anilines is 2. The van der Waals surface area contributed by atoms with Crippen LogP contribution in [0.1, 0.15) is 6.42 Å². The lowest BCUT2D eigenvalue weighted by Crippen LogP contribution is -2.53. The molecule has 2 heterocycles. The standard InChI is InChI=1S/C11H10BrFN2O2/c12-6-3-9-8(4-7(6)13)14-10(16)11(15-9)1-2-17-5-11/h3-4,15H,1-2,5H2,(H,14,16). The van der Waals surface area contributed by atoms with Crippen molar-refractivity contribution in [2.45, 2.75) is 12.0 Å². The van der Waals surface area contributed by atoms with Crippen LogP contribution in [0.3, 0.4) is 0 Å². The summed E-state index contributed by atoms with van der Waals surface area (Å²) < 4.78 is 19.0. The van der Waals surface area contributed by atoms with Gasteiger partial charge in [0.1, 0.15) is 11.4 Å². The maximum absolute atomic E-state index is 13.4. The fourth-order valence-electron chi connectivity index (χ4n) is 2.15. The molecule has 2 aliphatic heterocycles. The van der Waals surface area contributed by atoms with Crippen molar-refractivity contribution in [3.8, 4) is 0 Å². The molecule has 3 rings (SSSR count). The number of hydrogen-bond acceptors (Lipinski definition) is 3. The monoisotopic (exact) mass is 300 g/mol. The number of ether oxygens (including phenoxy) is 1. The summed E-state index contributed by atoms with van der Waals surface area (Å²) in [4.78, 5) is 12.0. The third kappa shape index (κ3) is 1.63. The molecule has 1 unspecified atom stereocenters. The van der Waals surface area contributed by atoms with Gasteiger partial charge >= 0.3 is 0 Å². The molecule has 0 radical (unpaired) electrons. The lowest BCUT2D eigenvalue weighted by atomic mass is 9.94. The van der Waals surface area contributed by atoms with Gasteiger partial charge in [-0.3, -0.25) is 4.79 Å². The predicted octanol–water partition coefficient (Wildman–Crippen LogP) is 2.11. The Morgan fingerprint density at radius 2 is 2.24 bits per heavy atom. The molecular formula is C11H10BrFN2O2. The summed E-state index contributed by atoms with van der Waals surface area (Å²) >= 11 is 3.13. The first-order chi connectivity index (χ1) is 8.11. The molecule has 0 saturated carbocycles. The molecule has 2 aliphatic rings. The molecule has 0 aromatic heterocycles. The van der Waals surface area contributed by atoms with Gasteiger partial charge in [-0.1, -0.05) is 0 Å². The van der Waals surface area contributed by atoms with Crippen LogP contribution in [0.2, 0.25) is 0 Å². The Bertz CT molecular complexity index is 500. The zero-order valence-corrected chi connectivity index (χ0v) is 10.4. The first kappa shape index (κ1) is 11.0. The Labute approximate surface area is 106 Å². The molecule has 0 bridgehead atoms. The van der Waals surface area contributed by atoms with Crippen LogP contribution < -0.4 is 10.6 Å². The van der Waals surface area contributed by atoms with E-state index in [0.717, 1.165) is 0 Å². The van der Waals surface area contributed by atoms with E-state index in [-0.39, 0.29) is 5.91 Å². The quantitative estimate of drug-likeness (QED) is 0.771. The van der Waals surface area contributed by atoms with Crippen molar-refractivity contribution in [3.63, 3.8) is 0 Å². The van der Waals surface area contributed by atoms with Crippen molar-refractivity contribution in [3.05, 3.63) is 22.4 Å². The summed E-state index contributed by atoms with van der Waals surface area (Å²) in [5.41, 5.74) is 0.473. The highest BCUT2D eigenvalue weighted by Crippen LogP contribution is 2.37. The highest BCUT2D eigenvalue weighted by molar-refractivity contribution is 9.10. The number of rotatable bonds is 0. The van der Waals surface area contributed by atoms with Gasteiger partial charge in [0.05, 0.1) is 22.5 Å². The van der Waals surface area contributed by atoms with Gasteiger partial charge in [0.2, 0.25) is 0 Å². The number of halogens is 2. The number of nitrogens with one attached hydrogen (secondary N) is 2. The van der Waals surface area contributed by atoms with Crippen molar-refractivity contribution in [2.75, 3.05) is 23.8 Å². The first-order valence-corrected chi connectivity index (χ1v) is 6.06. The van der Waals surface area contributed by atoms with Crippen LogP contribution in [0.5, 0.6) is 0 Å². The number of hydrogen-bond donors (Lipinski definition) is 2. The van der Waals surface area contributed by atoms with Gasteiger partial charge in [0, 0.05) is 19.1 Å². The lowest BCUT2D eigenvalue weighted by Gasteiger charge is -2.34. The number of carbonyl (C=O) groups excluding carboxylic acids is 1. The zero-order chi connectivity index (χ0) is 12.0. The summed E-state index contributed by atoms with van der Waals surface area (Å²) in [5.74, 6) is -0.561. The van der Waals surface area contributed by atoms with Crippen molar-refractivity contribution in [1.29, 1.82) is 0 Å². The van der Waals surface area contributed by atoms with E-state index in [4.69, 9.17) is 4.74 Å². The fourth-order valence-corrected chi connectivity index (χ4v) is 2.50. The van der Waals surface area contributed by atoms with Gasteiger partial charge in [-0.2, -0.15) is 0 Å². The van der Waals surface area contributed by atoms with E-state index in [9.17, 15) is 9.18 Å². The van der Waals surface area contributed by atoms with Gasteiger partial charge in [0.25, 0.3) is 5.91 Å². The van der Waals surface area contributed by atoms with Crippen molar-refractivity contribution in [2.24, 2.45) is 0 Å². The molecule has 1 aromatic rings. The van der Waals surface area contributed by atoms with E-state index >= 15 is 0 Å². The van der Waals surface area contributed by atoms with Crippen LogP contribution in [0.25, 0.3) is 0 Å². The Morgan fingerprint density at radius 3 is 2.94 bits per heavy atom. The largest absolute Gasteiger partial charge is 0.378 e. The third-order valence-electron chi connectivity index (χ3n) is 3.14. The maximum Gasteiger partial charge on any atom is 0.252 e. The molecule has 1 fully saturated rings. The van der Waals surface area contributed by atoms with Crippen molar-refractivity contribution >= 4 is 33.2 Å². The summed E-state index contributed by atoms with van der Waals surface area (Å²) in [5, 5.41) is 5.87.